The molecule has 0 aromatic carbocycles. The van der Waals surface area contributed by atoms with E-state index in [1.807, 2.05) is 35.9 Å². The van der Waals surface area contributed by atoms with Gasteiger partial charge in [0.1, 0.15) is 0 Å². The summed E-state index contributed by atoms with van der Waals surface area (Å²) < 4.78 is 0. The van der Waals surface area contributed by atoms with Crippen LogP contribution in [0.15, 0.2) is 24.5 Å². The lowest BCUT2D eigenvalue weighted by Gasteiger charge is -2.48. The van der Waals surface area contributed by atoms with E-state index in [4.69, 9.17) is 0 Å². The van der Waals surface area contributed by atoms with E-state index in [1.165, 1.54) is 0 Å². The number of carbonyl (C=O) groups excluding carboxylic acids is 2. The summed E-state index contributed by atoms with van der Waals surface area (Å²) in [4.78, 5) is 35.3. The average molecular weight is 373 g/mol. The molecule has 27 heavy (non-hydrogen) atoms. The van der Waals surface area contributed by atoms with Crippen LogP contribution in [0.2, 0.25) is 0 Å². The molecule has 148 valence electrons. The predicted octanol–water partition coefficient (Wildman–Crippen LogP) is 2.15. The van der Waals surface area contributed by atoms with Crippen LogP contribution in [-0.2, 0) is 16.1 Å². The van der Waals surface area contributed by atoms with E-state index in [0.29, 0.717) is 13.0 Å². The molecule has 1 aromatic rings. The first-order valence-electron chi connectivity index (χ1n) is 10.1. The number of pyridine rings is 1. The van der Waals surface area contributed by atoms with Gasteiger partial charge < -0.3 is 9.80 Å². The van der Waals surface area contributed by atoms with Crippen LogP contribution in [0.25, 0.3) is 0 Å². The third-order valence-electron chi connectivity index (χ3n) is 6.52. The topological polar surface area (TPSA) is 56.8 Å². The molecule has 0 aliphatic carbocycles. The highest BCUT2D eigenvalue weighted by Crippen LogP contribution is 2.40. The van der Waals surface area contributed by atoms with Gasteiger partial charge in [-0.05, 0) is 62.9 Å². The Morgan fingerprint density at radius 1 is 1.26 bits per heavy atom. The van der Waals surface area contributed by atoms with Gasteiger partial charge in [0.05, 0.1) is 6.04 Å². The number of amides is 2. The highest BCUT2D eigenvalue weighted by atomic mass is 16.2. The van der Waals surface area contributed by atoms with Crippen LogP contribution in [0, 0.1) is 5.41 Å². The summed E-state index contributed by atoms with van der Waals surface area (Å²) in [6.07, 6.45) is 7.10. The second-order valence-corrected chi connectivity index (χ2v) is 8.18. The first-order valence-corrected chi connectivity index (χ1v) is 10.1. The number of likely N-dealkylation sites (N-methyl/N-ethyl adjacent to an activating group) is 1. The van der Waals surface area contributed by atoms with Crippen LogP contribution in [0.3, 0.4) is 0 Å². The zero-order valence-electron chi connectivity index (χ0n) is 16.9. The van der Waals surface area contributed by atoms with Crippen molar-refractivity contribution in [2.45, 2.75) is 52.1 Å². The lowest BCUT2D eigenvalue weighted by Crippen LogP contribution is -2.54. The molecule has 1 unspecified atom stereocenters. The van der Waals surface area contributed by atoms with Crippen molar-refractivity contribution in [3.8, 4) is 0 Å². The Bertz CT molecular complexity index is 655. The minimum atomic E-state index is -0.0693. The third-order valence-corrected chi connectivity index (χ3v) is 6.52. The molecule has 2 amide bonds. The molecular formula is C21H32N4O2. The first-order chi connectivity index (χ1) is 12.9. The molecule has 1 aromatic heterocycles. The molecule has 2 aliphatic rings. The van der Waals surface area contributed by atoms with Crippen molar-refractivity contribution in [3.05, 3.63) is 30.1 Å². The lowest BCUT2D eigenvalue weighted by atomic mass is 9.72. The van der Waals surface area contributed by atoms with Gasteiger partial charge in [0.15, 0.2) is 0 Å². The maximum absolute atomic E-state index is 12.7. The molecule has 1 atom stereocenters. The monoisotopic (exact) mass is 372 g/mol. The molecule has 3 rings (SSSR count). The Balaban J connectivity index is 1.60. The molecule has 6 nitrogen and oxygen atoms in total. The smallest absolute Gasteiger partial charge is 0.239 e. The van der Waals surface area contributed by atoms with Gasteiger partial charge in [0, 0.05) is 45.0 Å². The number of rotatable bonds is 5. The van der Waals surface area contributed by atoms with E-state index < -0.39 is 0 Å². The number of likely N-dealkylation sites (tertiary alicyclic amines) is 2. The second-order valence-electron chi connectivity index (χ2n) is 8.18. The van der Waals surface area contributed by atoms with E-state index in [-0.39, 0.29) is 23.3 Å². The largest absolute Gasteiger partial charge is 0.341 e. The van der Waals surface area contributed by atoms with Crippen LogP contribution in [-0.4, -0.2) is 70.8 Å². The van der Waals surface area contributed by atoms with Gasteiger partial charge in [-0.3, -0.25) is 19.5 Å². The van der Waals surface area contributed by atoms with Crippen molar-refractivity contribution in [1.82, 2.24) is 19.7 Å². The SMILES string of the molecule is CCN(C)C(C)C(=O)N1CCC2(CCC(=O)N(Cc3ccncc3)C2)CC1. The zero-order chi connectivity index (χ0) is 19.4. The second kappa shape index (κ2) is 8.38. The van der Waals surface area contributed by atoms with Crippen LogP contribution in [0.1, 0.15) is 45.1 Å². The standard InChI is InChI=1S/C21H32N4O2/c1-4-23(3)17(2)20(27)24-13-9-21(10-14-24)8-5-19(26)25(16-21)15-18-6-11-22-12-7-18/h6-7,11-12,17H,4-5,8-10,13-16H2,1-3H3. The molecule has 0 bridgehead atoms. The highest BCUT2D eigenvalue weighted by molar-refractivity contribution is 5.81. The molecule has 0 saturated carbocycles. The maximum Gasteiger partial charge on any atom is 0.239 e. The number of hydrogen-bond donors (Lipinski definition) is 0. The minimum Gasteiger partial charge on any atom is -0.341 e. The van der Waals surface area contributed by atoms with Gasteiger partial charge in [-0.25, -0.2) is 0 Å². The molecule has 1 spiro atoms. The first kappa shape index (κ1) is 19.8. The van der Waals surface area contributed by atoms with Crippen LogP contribution >= 0.6 is 0 Å². The molecule has 2 aliphatic heterocycles. The van der Waals surface area contributed by atoms with Gasteiger partial charge in [-0.15, -0.1) is 0 Å². The third kappa shape index (κ3) is 4.49. The summed E-state index contributed by atoms with van der Waals surface area (Å²) in [5.74, 6) is 0.476. The van der Waals surface area contributed by atoms with Crippen molar-refractivity contribution >= 4 is 11.8 Å². The summed E-state index contributed by atoms with van der Waals surface area (Å²) >= 11 is 0. The fourth-order valence-electron chi connectivity index (χ4n) is 4.29. The highest BCUT2D eigenvalue weighted by Gasteiger charge is 2.42. The van der Waals surface area contributed by atoms with Gasteiger partial charge in [0.25, 0.3) is 0 Å². The summed E-state index contributed by atoms with van der Waals surface area (Å²) in [7, 11) is 2.00. The summed E-state index contributed by atoms with van der Waals surface area (Å²) in [6.45, 7) is 8.01. The molecule has 0 N–H and O–H groups in total. The molecule has 2 fully saturated rings. The number of aromatic nitrogens is 1. The summed E-state index contributed by atoms with van der Waals surface area (Å²) in [5, 5.41) is 0. The van der Waals surface area contributed by atoms with Gasteiger partial charge in [0.2, 0.25) is 11.8 Å². The van der Waals surface area contributed by atoms with E-state index in [9.17, 15) is 9.59 Å². The quantitative estimate of drug-likeness (QED) is 0.795. The fraction of sp³-hybridized carbons (Fsp3) is 0.667. The molecule has 2 saturated heterocycles. The minimum absolute atomic E-state index is 0.0693. The van der Waals surface area contributed by atoms with Crippen LogP contribution < -0.4 is 0 Å². The Labute approximate surface area is 162 Å². The van der Waals surface area contributed by atoms with Crippen molar-refractivity contribution in [2.24, 2.45) is 5.41 Å². The van der Waals surface area contributed by atoms with Gasteiger partial charge >= 0.3 is 0 Å². The van der Waals surface area contributed by atoms with Gasteiger partial charge in [-0.2, -0.15) is 0 Å². The van der Waals surface area contributed by atoms with Crippen LogP contribution in [0.5, 0.6) is 0 Å². The van der Waals surface area contributed by atoms with Crippen molar-refractivity contribution in [2.75, 3.05) is 33.2 Å². The summed E-state index contributed by atoms with van der Waals surface area (Å²) in [6, 6.07) is 3.88. The Kier molecular flexibility index (Phi) is 6.15. The van der Waals surface area contributed by atoms with E-state index in [1.54, 1.807) is 12.4 Å². The average Bonchev–Trinajstić information content (AvgIpc) is 2.70. The van der Waals surface area contributed by atoms with Crippen LogP contribution in [0.4, 0.5) is 0 Å². The normalized spacial score (nSPS) is 21.0. The zero-order valence-corrected chi connectivity index (χ0v) is 16.9. The molecule has 6 heteroatoms. The van der Waals surface area contributed by atoms with E-state index in [0.717, 1.165) is 51.0 Å². The Hall–Kier alpha value is -1.95. The maximum atomic E-state index is 12.7. The Morgan fingerprint density at radius 2 is 1.93 bits per heavy atom. The number of piperidine rings is 2. The molecule has 0 radical (unpaired) electrons. The molecule has 3 heterocycles. The lowest BCUT2D eigenvalue weighted by molar-refractivity contribution is -0.144. The Morgan fingerprint density at radius 3 is 2.56 bits per heavy atom. The van der Waals surface area contributed by atoms with Crippen molar-refractivity contribution in [1.29, 1.82) is 0 Å². The number of carbonyl (C=O) groups is 2. The number of nitrogens with zero attached hydrogens (tertiary/aromatic N) is 4. The molecular weight excluding hydrogens is 340 g/mol. The van der Waals surface area contributed by atoms with Gasteiger partial charge in [-0.1, -0.05) is 6.92 Å². The van der Waals surface area contributed by atoms with E-state index >= 15 is 0 Å². The van der Waals surface area contributed by atoms with E-state index in [2.05, 4.69) is 16.8 Å². The van der Waals surface area contributed by atoms with Crippen molar-refractivity contribution in [3.63, 3.8) is 0 Å². The summed E-state index contributed by atoms with van der Waals surface area (Å²) in [5.41, 5.74) is 1.29. The fourth-order valence-corrected chi connectivity index (χ4v) is 4.29. The predicted molar refractivity (Wildman–Crippen MR) is 105 cm³/mol. The van der Waals surface area contributed by atoms with Crippen molar-refractivity contribution < 1.29 is 9.59 Å². The number of hydrogen-bond acceptors (Lipinski definition) is 4.